The van der Waals surface area contributed by atoms with Crippen molar-refractivity contribution >= 4 is 45.9 Å². The van der Waals surface area contributed by atoms with E-state index in [0.29, 0.717) is 22.8 Å². The fourth-order valence-electron chi connectivity index (χ4n) is 2.71. The van der Waals surface area contributed by atoms with Gasteiger partial charge in [-0.15, -0.1) is 0 Å². The quantitative estimate of drug-likeness (QED) is 0.248. The number of amidine groups is 2. The highest BCUT2D eigenvalue weighted by Crippen LogP contribution is 2.17. The molecule has 4 aromatic rings. The molecule has 0 spiro atoms. The molecule has 8 nitrogen and oxygen atoms in total. The molecule has 0 fully saturated rings. The number of nitrogens with two attached hydrogens (primary N) is 2. The van der Waals surface area contributed by atoms with Gasteiger partial charge in [0, 0.05) is 11.1 Å². The van der Waals surface area contributed by atoms with Crippen molar-refractivity contribution in [2.24, 2.45) is 11.5 Å². The molecule has 8 N–H and O–H groups in total. The van der Waals surface area contributed by atoms with Gasteiger partial charge >= 0.3 is 0 Å². The molecular weight excluding hydrogens is 328 g/mol. The molecule has 128 valence electrons. The van der Waals surface area contributed by atoms with Crippen LogP contribution in [0.4, 0.5) is 0 Å². The normalized spacial score (nSPS) is 11.5. The van der Waals surface area contributed by atoms with Gasteiger partial charge in [0.2, 0.25) is 0 Å². The van der Waals surface area contributed by atoms with Crippen molar-refractivity contribution in [3.05, 3.63) is 59.2 Å². The Balaban J connectivity index is 1.65. The van der Waals surface area contributed by atoms with E-state index in [9.17, 15) is 0 Å². The lowest BCUT2D eigenvalue weighted by Crippen LogP contribution is -2.10. The minimum atomic E-state index is 0.0193. The van der Waals surface area contributed by atoms with Crippen molar-refractivity contribution in [2.75, 3.05) is 0 Å². The average molecular weight is 344 g/mol. The topological polar surface area (TPSA) is 157 Å². The molecule has 0 radical (unpaired) electrons. The van der Waals surface area contributed by atoms with Gasteiger partial charge in [-0.25, -0.2) is 9.97 Å². The number of rotatable bonds is 4. The Labute approximate surface area is 148 Å². The van der Waals surface area contributed by atoms with E-state index in [4.69, 9.17) is 22.3 Å². The molecule has 26 heavy (non-hydrogen) atoms. The fourth-order valence-corrected chi connectivity index (χ4v) is 2.71. The Morgan fingerprint density at radius 3 is 1.58 bits per heavy atom. The number of H-pyrrole nitrogens is 2. The van der Waals surface area contributed by atoms with Crippen LogP contribution in [0.5, 0.6) is 0 Å². The molecule has 0 bridgehead atoms. The molecule has 0 amide bonds. The number of benzene rings is 2. The molecule has 0 aliphatic heterocycles. The number of aromatic amines is 2. The number of aromatic nitrogens is 4. The van der Waals surface area contributed by atoms with E-state index in [0.717, 1.165) is 22.1 Å². The molecule has 0 aliphatic carbocycles. The van der Waals surface area contributed by atoms with Gasteiger partial charge in [0.15, 0.2) is 0 Å². The second-order valence-electron chi connectivity index (χ2n) is 5.87. The van der Waals surface area contributed by atoms with Crippen molar-refractivity contribution in [1.82, 2.24) is 19.9 Å². The van der Waals surface area contributed by atoms with E-state index in [-0.39, 0.29) is 11.7 Å². The van der Waals surface area contributed by atoms with Crippen molar-refractivity contribution in [3.63, 3.8) is 0 Å². The summed E-state index contributed by atoms with van der Waals surface area (Å²) in [6.45, 7) is 0. The van der Waals surface area contributed by atoms with Crippen LogP contribution in [0.1, 0.15) is 22.8 Å². The molecular formula is C18H16N8. The smallest absolute Gasteiger partial charge is 0.131 e. The predicted molar refractivity (Wildman–Crippen MR) is 103 cm³/mol. The second kappa shape index (κ2) is 5.85. The maximum Gasteiger partial charge on any atom is 0.131 e. The first-order valence-electron chi connectivity index (χ1n) is 7.86. The summed E-state index contributed by atoms with van der Waals surface area (Å²) < 4.78 is 0. The molecule has 0 aliphatic rings. The monoisotopic (exact) mass is 344 g/mol. The maximum absolute atomic E-state index is 7.50. The summed E-state index contributed by atoms with van der Waals surface area (Å²) in [5.41, 5.74) is 15.5. The summed E-state index contributed by atoms with van der Waals surface area (Å²) in [5, 5.41) is 15.0. The van der Waals surface area contributed by atoms with E-state index in [1.54, 1.807) is 24.3 Å². The Morgan fingerprint density at radius 1 is 0.769 bits per heavy atom. The third-order valence-corrected chi connectivity index (χ3v) is 4.02. The number of hydrogen-bond donors (Lipinski definition) is 6. The van der Waals surface area contributed by atoms with E-state index in [2.05, 4.69) is 19.9 Å². The lowest BCUT2D eigenvalue weighted by molar-refractivity contribution is 1.27. The van der Waals surface area contributed by atoms with Crippen LogP contribution < -0.4 is 11.5 Å². The maximum atomic E-state index is 7.50. The Hall–Kier alpha value is -3.94. The Bertz CT molecular complexity index is 1100. The number of hydrogen-bond acceptors (Lipinski definition) is 4. The summed E-state index contributed by atoms with van der Waals surface area (Å²) >= 11 is 0. The highest BCUT2D eigenvalue weighted by Gasteiger charge is 2.05. The highest BCUT2D eigenvalue weighted by atomic mass is 14.9. The number of nitrogens with zero attached hydrogens (tertiary/aromatic N) is 2. The third-order valence-electron chi connectivity index (χ3n) is 4.02. The van der Waals surface area contributed by atoms with E-state index < -0.39 is 0 Å². The first-order chi connectivity index (χ1) is 12.5. The summed E-state index contributed by atoms with van der Waals surface area (Å²) in [6.07, 6.45) is 3.63. The summed E-state index contributed by atoms with van der Waals surface area (Å²) in [5.74, 6) is 1.38. The van der Waals surface area contributed by atoms with Gasteiger partial charge < -0.3 is 21.4 Å². The van der Waals surface area contributed by atoms with E-state index in [1.165, 1.54) is 0 Å². The lowest BCUT2D eigenvalue weighted by atomic mass is 10.2. The first-order valence-corrected chi connectivity index (χ1v) is 7.86. The fraction of sp³-hybridized carbons (Fsp3) is 0. The van der Waals surface area contributed by atoms with Gasteiger partial charge in [-0.05, 0) is 48.6 Å². The molecule has 2 aromatic heterocycles. The van der Waals surface area contributed by atoms with Crippen LogP contribution in [0.15, 0.2) is 36.4 Å². The highest BCUT2D eigenvalue weighted by molar-refractivity contribution is 5.99. The van der Waals surface area contributed by atoms with Crippen molar-refractivity contribution in [3.8, 4) is 0 Å². The Morgan fingerprint density at radius 2 is 1.19 bits per heavy atom. The molecule has 0 saturated carbocycles. The standard InChI is InChI=1S/C18H16N8/c19-17(20)9-1-3-11-13(7-9)25-15(23-11)5-6-16-24-12-4-2-10(18(21)22)8-14(12)26-16/h1-8H,(H3,19,20)(H3,21,22)(H,23,25)(H,24,26)/b6-5-. The summed E-state index contributed by atoms with van der Waals surface area (Å²) in [7, 11) is 0. The van der Waals surface area contributed by atoms with Gasteiger partial charge in [-0.2, -0.15) is 0 Å². The minimum Gasteiger partial charge on any atom is -0.384 e. The van der Waals surface area contributed by atoms with Crippen LogP contribution in [0.25, 0.3) is 34.2 Å². The molecule has 0 atom stereocenters. The van der Waals surface area contributed by atoms with Crippen LogP contribution >= 0.6 is 0 Å². The summed E-state index contributed by atoms with van der Waals surface area (Å²) in [6, 6.07) is 10.8. The molecule has 8 heteroatoms. The zero-order valence-electron chi connectivity index (χ0n) is 13.7. The van der Waals surface area contributed by atoms with Crippen molar-refractivity contribution in [1.29, 1.82) is 10.8 Å². The van der Waals surface area contributed by atoms with Gasteiger partial charge in [0.05, 0.1) is 22.1 Å². The van der Waals surface area contributed by atoms with Crippen molar-refractivity contribution < 1.29 is 0 Å². The van der Waals surface area contributed by atoms with Gasteiger partial charge in [-0.1, -0.05) is 0 Å². The second-order valence-corrected chi connectivity index (χ2v) is 5.87. The van der Waals surface area contributed by atoms with Crippen LogP contribution in [0, 0.1) is 10.8 Å². The van der Waals surface area contributed by atoms with Crippen LogP contribution in [0.3, 0.4) is 0 Å². The van der Waals surface area contributed by atoms with Crippen LogP contribution in [-0.4, -0.2) is 31.6 Å². The molecule has 2 heterocycles. The average Bonchev–Trinajstić information content (AvgIpc) is 3.21. The number of fused-ring (bicyclic) bond motifs is 2. The molecule has 0 unspecified atom stereocenters. The molecule has 4 rings (SSSR count). The van der Waals surface area contributed by atoms with Gasteiger partial charge in [-0.3, -0.25) is 10.8 Å². The number of nitrogens with one attached hydrogen (secondary N) is 4. The van der Waals surface area contributed by atoms with Crippen molar-refractivity contribution in [2.45, 2.75) is 0 Å². The largest absolute Gasteiger partial charge is 0.384 e. The predicted octanol–water partition coefficient (Wildman–Crippen LogP) is 2.18. The van der Waals surface area contributed by atoms with E-state index in [1.807, 2.05) is 24.3 Å². The minimum absolute atomic E-state index is 0.0193. The first kappa shape index (κ1) is 15.6. The summed E-state index contributed by atoms with van der Waals surface area (Å²) in [4.78, 5) is 15.3. The zero-order valence-corrected chi connectivity index (χ0v) is 13.7. The molecule has 2 aromatic carbocycles. The van der Waals surface area contributed by atoms with Crippen LogP contribution in [0.2, 0.25) is 0 Å². The number of imidazole rings is 2. The lowest BCUT2D eigenvalue weighted by Gasteiger charge is -1.96. The van der Waals surface area contributed by atoms with Gasteiger partial charge in [0.25, 0.3) is 0 Å². The SMILES string of the molecule is N=C(N)c1ccc2nc(/C=C\c3nc4ccc(C(=N)N)cc4[nH]3)[nH]c2c1. The molecule has 0 saturated heterocycles. The van der Waals surface area contributed by atoms with E-state index >= 15 is 0 Å². The number of nitrogen functional groups attached to an aromatic ring is 2. The van der Waals surface area contributed by atoms with Crippen LogP contribution in [-0.2, 0) is 0 Å². The third kappa shape index (κ3) is 2.80. The zero-order chi connectivity index (χ0) is 18.3. The Kier molecular flexibility index (Phi) is 3.51. The van der Waals surface area contributed by atoms with Gasteiger partial charge in [0.1, 0.15) is 23.3 Å².